The van der Waals surface area contributed by atoms with Crippen molar-refractivity contribution >= 4 is 17.0 Å². The molecular weight excluding hydrogens is 408 g/mol. The zero-order chi connectivity index (χ0) is 23.8. The normalized spacial score (nSPS) is 15.8. The molecule has 1 fully saturated rings. The molecule has 176 valence electrons. The van der Waals surface area contributed by atoms with Crippen LogP contribution in [0.15, 0.2) is 54.7 Å². The van der Waals surface area contributed by atoms with Gasteiger partial charge < -0.3 is 14.2 Å². The first kappa shape index (κ1) is 23.4. The van der Waals surface area contributed by atoms with Gasteiger partial charge in [0.25, 0.3) is 0 Å². The Morgan fingerprint density at radius 3 is 2.18 bits per heavy atom. The van der Waals surface area contributed by atoms with E-state index < -0.39 is 5.60 Å². The number of amides is 1. The number of benzene rings is 2. The Morgan fingerprint density at radius 2 is 1.58 bits per heavy atom. The fraction of sp³-hybridized carbons (Fsp3) is 0.483. The molecule has 33 heavy (non-hydrogen) atoms. The third kappa shape index (κ3) is 5.43. The van der Waals surface area contributed by atoms with Gasteiger partial charge in [0.1, 0.15) is 5.60 Å². The summed E-state index contributed by atoms with van der Waals surface area (Å²) < 4.78 is 7.96. The van der Waals surface area contributed by atoms with Gasteiger partial charge in [-0.3, -0.25) is 0 Å². The van der Waals surface area contributed by atoms with Gasteiger partial charge in [-0.2, -0.15) is 0 Å². The molecule has 1 aliphatic heterocycles. The van der Waals surface area contributed by atoms with Gasteiger partial charge in [0.2, 0.25) is 0 Å². The van der Waals surface area contributed by atoms with E-state index in [1.807, 2.05) is 25.7 Å². The highest BCUT2D eigenvalue weighted by molar-refractivity contribution is 5.84. The summed E-state index contributed by atoms with van der Waals surface area (Å²) in [4.78, 5) is 14.3. The summed E-state index contributed by atoms with van der Waals surface area (Å²) in [7, 11) is 0. The van der Waals surface area contributed by atoms with Crippen molar-refractivity contribution < 1.29 is 9.53 Å². The second kappa shape index (κ2) is 8.89. The number of fused-ring (bicyclic) bond motifs is 1. The van der Waals surface area contributed by atoms with Crippen LogP contribution >= 0.6 is 0 Å². The molecule has 0 saturated carbocycles. The lowest BCUT2D eigenvalue weighted by Crippen LogP contribution is -2.41. The molecule has 0 radical (unpaired) electrons. The van der Waals surface area contributed by atoms with Crippen LogP contribution in [0.1, 0.15) is 77.0 Å². The average molecular weight is 447 g/mol. The molecule has 3 aromatic rings. The summed E-state index contributed by atoms with van der Waals surface area (Å²) in [5, 5.41) is 1.33. The van der Waals surface area contributed by atoms with Crippen LogP contribution in [-0.2, 0) is 16.7 Å². The molecule has 4 heteroatoms. The van der Waals surface area contributed by atoms with Crippen molar-refractivity contribution in [2.45, 2.75) is 77.9 Å². The van der Waals surface area contributed by atoms with E-state index >= 15 is 0 Å². The van der Waals surface area contributed by atoms with E-state index in [1.54, 1.807) is 0 Å². The number of hydrogen-bond acceptors (Lipinski definition) is 2. The van der Waals surface area contributed by atoms with Crippen molar-refractivity contribution in [3.8, 4) is 0 Å². The molecule has 2 aromatic carbocycles. The number of piperidine rings is 1. The predicted octanol–water partition coefficient (Wildman–Crippen LogP) is 7.10. The third-order valence-corrected chi connectivity index (χ3v) is 6.58. The molecule has 2 heterocycles. The van der Waals surface area contributed by atoms with Crippen LogP contribution in [0, 0.1) is 0 Å². The molecule has 1 amide bonds. The minimum absolute atomic E-state index is 0.167. The number of ether oxygens (including phenoxy) is 1. The molecule has 4 nitrogen and oxygen atoms in total. The first-order chi connectivity index (χ1) is 15.5. The Kier molecular flexibility index (Phi) is 6.30. The number of rotatable bonds is 3. The van der Waals surface area contributed by atoms with E-state index in [1.165, 1.54) is 27.6 Å². The van der Waals surface area contributed by atoms with Crippen LogP contribution in [0.2, 0.25) is 0 Å². The Labute approximate surface area is 198 Å². The number of para-hydroxylation sites is 1. The van der Waals surface area contributed by atoms with Crippen LogP contribution in [-0.4, -0.2) is 34.3 Å². The Bertz CT molecular complexity index is 1110. The van der Waals surface area contributed by atoms with E-state index in [0.29, 0.717) is 5.92 Å². The van der Waals surface area contributed by atoms with Gasteiger partial charge in [0.05, 0.1) is 0 Å². The topological polar surface area (TPSA) is 34.5 Å². The first-order valence-corrected chi connectivity index (χ1v) is 12.2. The largest absolute Gasteiger partial charge is 0.444 e. The van der Waals surface area contributed by atoms with Crippen molar-refractivity contribution in [3.63, 3.8) is 0 Å². The smallest absolute Gasteiger partial charge is 0.410 e. The molecular formula is C29H38N2O2. The standard InChI is InChI=1S/C29H38N2O2/c1-28(2,3)23-13-11-21(12-14-23)19-31-20-25(24-9-7-8-10-26(24)31)22-15-17-30(18-16-22)27(32)33-29(4,5)6/h7-14,20,22H,15-19H2,1-6H3. The zero-order valence-corrected chi connectivity index (χ0v) is 21.0. The lowest BCUT2D eigenvalue weighted by atomic mass is 9.87. The maximum Gasteiger partial charge on any atom is 0.410 e. The Morgan fingerprint density at radius 1 is 0.939 bits per heavy atom. The van der Waals surface area contributed by atoms with E-state index in [9.17, 15) is 4.79 Å². The maximum absolute atomic E-state index is 12.5. The monoisotopic (exact) mass is 446 g/mol. The van der Waals surface area contributed by atoms with E-state index in [4.69, 9.17) is 4.74 Å². The van der Waals surface area contributed by atoms with E-state index in [2.05, 4.69) is 80.1 Å². The summed E-state index contributed by atoms with van der Waals surface area (Å²) in [6, 6.07) is 17.7. The first-order valence-electron chi connectivity index (χ1n) is 12.2. The van der Waals surface area contributed by atoms with E-state index in [-0.39, 0.29) is 11.5 Å². The predicted molar refractivity (Wildman–Crippen MR) is 136 cm³/mol. The lowest BCUT2D eigenvalue weighted by molar-refractivity contribution is 0.0205. The number of carbonyl (C=O) groups excluding carboxylic acids is 1. The Hall–Kier alpha value is -2.75. The molecule has 0 N–H and O–H groups in total. The van der Waals surface area contributed by atoms with Crippen molar-refractivity contribution in [2.75, 3.05) is 13.1 Å². The molecule has 0 spiro atoms. The molecule has 1 saturated heterocycles. The molecule has 4 rings (SSSR count). The minimum atomic E-state index is -0.452. The van der Waals surface area contributed by atoms with Crippen LogP contribution in [0.5, 0.6) is 0 Å². The second-order valence-electron chi connectivity index (χ2n) is 11.4. The van der Waals surface area contributed by atoms with Gasteiger partial charge in [-0.15, -0.1) is 0 Å². The second-order valence-corrected chi connectivity index (χ2v) is 11.4. The Balaban J connectivity index is 1.52. The van der Waals surface area contributed by atoms with Gasteiger partial charge in [-0.05, 0) is 67.7 Å². The van der Waals surface area contributed by atoms with Gasteiger partial charge >= 0.3 is 6.09 Å². The quantitative estimate of drug-likeness (QED) is 0.430. The number of hydrogen-bond donors (Lipinski definition) is 0. The highest BCUT2D eigenvalue weighted by Crippen LogP contribution is 2.35. The number of nitrogens with zero attached hydrogens (tertiary/aromatic N) is 2. The minimum Gasteiger partial charge on any atom is -0.444 e. The van der Waals surface area contributed by atoms with Crippen LogP contribution in [0.3, 0.4) is 0 Å². The highest BCUT2D eigenvalue weighted by atomic mass is 16.6. The number of aromatic nitrogens is 1. The fourth-order valence-electron chi connectivity index (χ4n) is 4.74. The van der Waals surface area contributed by atoms with Gasteiger partial charge in [-0.1, -0.05) is 63.2 Å². The van der Waals surface area contributed by atoms with Crippen LogP contribution in [0.4, 0.5) is 4.79 Å². The van der Waals surface area contributed by atoms with Crippen molar-refractivity contribution in [1.29, 1.82) is 0 Å². The molecule has 0 unspecified atom stereocenters. The van der Waals surface area contributed by atoms with Crippen LogP contribution < -0.4 is 0 Å². The van der Waals surface area contributed by atoms with Crippen molar-refractivity contribution in [3.05, 3.63) is 71.4 Å². The average Bonchev–Trinajstić information content (AvgIpc) is 3.11. The third-order valence-electron chi connectivity index (χ3n) is 6.58. The molecule has 0 atom stereocenters. The zero-order valence-electron chi connectivity index (χ0n) is 21.0. The van der Waals surface area contributed by atoms with Crippen molar-refractivity contribution in [1.82, 2.24) is 9.47 Å². The summed E-state index contributed by atoms with van der Waals surface area (Å²) in [5.74, 6) is 0.457. The maximum atomic E-state index is 12.5. The van der Waals surface area contributed by atoms with Crippen molar-refractivity contribution in [2.24, 2.45) is 0 Å². The fourth-order valence-corrected chi connectivity index (χ4v) is 4.74. The molecule has 1 aliphatic rings. The van der Waals surface area contributed by atoms with Gasteiger partial charge in [0.15, 0.2) is 0 Å². The van der Waals surface area contributed by atoms with Gasteiger partial charge in [0, 0.05) is 36.7 Å². The SMILES string of the molecule is CC(C)(C)OC(=O)N1CCC(c2cn(Cc3ccc(C(C)(C)C)cc3)c3ccccc23)CC1. The van der Waals surface area contributed by atoms with Crippen LogP contribution in [0.25, 0.3) is 10.9 Å². The molecule has 0 bridgehead atoms. The number of likely N-dealkylation sites (tertiary alicyclic amines) is 1. The summed E-state index contributed by atoms with van der Waals surface area (Å²) >= 11 is 0. The highest BCUT2D eigenvalue weighted by Gasteiger charge is 2.29. The van der Waals surface area contributed by atoms with Gasteiger partial charge in [-0.25, -0.2) is 4.79 Å². The number of carbonyl (C=O) groups is 1. The summed E-state index contributed by atoms with van der Waals surface area (Å²) in [6.07, 6.45) is 4.08. The lowest BCUT2D eigenvalue weighted by Gasteiger charge is -2.33. The molecule has 1 aromatic heterocycles. The molecule has 0 aliphatic carbocycles. The summed E-state index contributed by atoms with van der Waals surface area (Å²) in [6.45, 7) is 14.9. The van der Waals surface area contributed by atoms with E-state index in [0.717, 1.165) is 32.5 Å². The summed E-state index contributed by atoms with van der Waals surface area (Å²) in [5.41, 5.74) is 5.07.